The van der Waals surface area contributed by atoms with Crippen LogP contribution in [0.3, 0.4) is 0 Å². The van der Waals surface area contributed by atoms with Crippen LogP contribution < -0.4 is 5.32 Å². The average molecular weight is 385 g/mol. The minimum absolute atomic E-state index is 0.0625. The number of ketones is 1. The fraction of sp³-hybridized carbons (Fsp3) is 0.318. The standard InChI is InChI=1S/C22H24FNO4/c1-3-19(16-6-4-15(2)5-7-16)24-21(26)14-28-22(27)13-12-20(25)17-8-10-18(23)11-9-17/h4-11,19H,3,12-14H2,1-2H3,(H,24,26)/t19-/m0/s1. The van der Waals surface area contributed by atoms with Gasteiger partial charge >= 0.3 is 5.97 Å². The maximum atomic E-state index is 12.9. The number of Topliss-reactive ketones (excluding diaryl/α,β-unsaturated/α-hetero) is 1. The zero-order valence-electron chi connectivity index (χ0n) is 16.0. The highest BCUT2D eigenvalue weighted by Crippen LogP contribution is 2.17. The highest BCUT2D eigenvalue weighted by atomic mass is 19.1. The Kier molecular flexibility index (Phi) is 7.87. The molecule has 0 bridgehead atoms. The first-order valence-electron chi connectivity index (χ1n) is 9.19. The second kappa shape index (κ2) is 10.3. The minimum atomic E-state index is -0.631. The van der Waals surface area contributed by atoms with Crippen LogP contribution in [0.5, 0.6) is 0 Å². The van der Waals surface area contributed by atoms with Crippen LogP contribution in [0.4, 0.5) is 4.39 Å². The number of hydrogen-bond acceptors (Lipinski definition) is 4. The number of halogens is 1. The van der Waals surface area contributed by atoms with Crippen molar-refractivity contribution in [1.82, 2.24) is 5.32 Å². The van der Waals surface area contributed by atoms with Gasteiger partial charge in [0.25, 0.3) is 5.91 Å². The van der Waals surface area contributed by atoms with Crippen LogP contribution in [-0.2, 0) is 14.3 Å². The van der Waals surface area contributed by atoms with Crippen molar-refractivity contribution in [1.29, 1.82) is 0 Å². The van der Waals surface area contributed by atoms with Gasteiger partial charge in [-0.1, -0.05) is 36.8 Å². The Bertz CT molecular complexity index is 815. The lowest BCUT2D eigenvalue weighted by atomic mass is 10.0. The molecular weight excluding hydrogens is 361 g/mol. The van der Waals surface area contributed by atoms with Gasteiger partial charge in [-0.25, -0.2) is 4.39 Å². The number of ether oxygens (including phenoxy) is 1. The summed E-state index contributed by atoms with van der Waals surface area (Å²) in [5, 5.41) is 2.84. The summed E-state index contributed by atoms with van der Waals surface area (Å²) >= 11 is 0. The molecule has 28 heavy (non-hydrogen) atoms. The molecule has 0 aliphatic heterocycles. The summed E-state index contributed by atoms with van der Waals surface area (Å²) in [6, 6.07) is 12.8. The van der Waals surface area contributed by atoms with Crippen LogP contribution in [0, 0.1) is 12.7 Å². The number of esters is 1. The molecule has 0 unspecified atom stereocenters. The summed E-state index contributed by atoms with van der Waals surface area (Å²) in [4.78, 5) is 35.8. The molecule has 0 radical (unpaired) electrons. The number of hydrogen-bond donors (Lipinski definition) is 1. The van der Waals surface area contributed by atoms with Crippen molar-refractivity contribution < 1.29 is 23.5 Å². The number of amides is 1. The van der Waals surface area contributed by atoms with Crippen molar-refractivity contribution in [3.8, 4) is 0 Å². The van der Waals surface area contributed by atoms with E-state index in [0.717, 1.165) is 11.1 Å². The van der Waals surface area contributed by atoms with Gasteiger partial charge in [-0.3, -0.25) is 14.4 Å². The summed E-state index contributed by atoms with van der Waals surface area (Å²) in [5.41, 5.74) is 2.45. The van der Waals surface area contributed by atoms with Crippen LogP contribution in [0.1, 0.15) is 53.7 Å². The fourth-order valence-electron chi connectivity index (χ4n) is 2.67. The summed E-state index contributed by atoms with van der Waals surface area (Å²) in [5.74, 6) is -1.75. The van der Waals surface area contributed by atoms with E-state index in [1.807, 2.05) is 38.1 Å². The molecule has 0 aromatic heterocycles. The molecule has 1 atom stereocenters. The molecule has 6 heteroatoms. The zero-order chi connectivity index (χ0) is 20.5. The zero-order valence-corrected chi connectivity index (χ0v) is 16.0. The molecule has 2 aromatic carbocycles. The first-order chi connectivity index (χ1) is 13.4. The monoisotopic (exact) mass is 385 g/mol. The predicted octanol–water partition coefficient (Wildman–Crippen LogP) is 3.91. The Morgan fingerprint density at radius 1 is 1.00 bits per heavy atom. The van der Waals surface area contributed by atoms with E-state index in [0.29, 0.717) is 12.0 Å². The smallest absolute Gasteiger partial charge is 0.306 e. The number of aryl methyl sites for hydroxylation is 1. The SMILES string of the molecule is CC[C@H](NC(=O)COC(=O)CCC(=O)c1ccc(F)cc1)c1ccc(C)cc1. The Morgan fingerprint density at radius 2 is 1.64 bits per heavy atom. The van der Waals surface area contributed by atoms with Gasteiger partial charge in [-0.2, -0.15) is 0 Å². The second-order valence-electron chi connectivity index (χ2n) is 6.53. The third-order valence-corrected chi connectivity index (χ3v) is 4.31. The molecule has 1 amide bonds. The van der Waals surface area contributed by atoms with Crippen LogP contribution in [0.25, 0.3) is 0 Å². The summed E-state index contributed by atoms with van der Waals surface area (Å²) in [7, 11) is 0. The first kappa shape index (κ1) is 21.3. The van der Waals surface area contributed by atoms with Gasteiger partial charge in [-0.05, 0) is 43.2 Å². The molecular formula is C22H24FNO4. The molecule has 1 N–H and O–H groups in total. The van der Waals surface area contributed by atoms with E-state index >= 15 is 0 Å². The van der Waals surface area contributed by atoms with Crippen molar-refractivity contribution in [2.24, 2.45) is 0 Å². The van der Waals surface area contributed by atoms with Gasteiger partial charge < -0.3 is 10.1 Å². The Morgan fingerprint density at radius 3 is 2.25 bits per heavy atom. The molecule has 2 rings (SSSR count). The van der Waals surface area contributed by atoms with Crippen LogP contribution >= 0.6 is 0 Å². The number of carbonyl (C=O) groups is 3. The average Bonchev–Trinajstić information content (AvgIpc) is 2.70. The molecule has 5 nitrogen and oxygen atoms in total. The first-order valence-corrected chi connectivity index (χ1v) is 9.19. The molecule has 0 saturated heterocycles. The Labute approximate surface area is 163 Å². The topological polar surface area (TPSA) is 72.5 Å². The largest absolute Gasteiger partial charge is 0.456 e. The maximum Gasteiger partial charge on any atom is 0.306 e. The van der Waals surface area contributed by atoms with Crippen molar-refractivity contribution in [2.45, 2.75) is 39.2 Å². The minimum Gasteiger partial charge on any atom is -0.456 e. The third kappa shape index (κ3) is 6.61. The number of carbonyl (C=O) groups excluding carboxylic acids is 3. The lowest BCUT2D eigenvalue weighted by Gasteiger charge is -2.17. The maximum absolute atomic E-state index is 12.9. The molecule has 2 aromatic rings. The summed E-state index contributed by atoms with van der Waals surface area (Å²) < 4.78 is 17.8. The Hall–Kier alpha value is -3.02. The van der Waals surface area contributed by atoms with Gasteiger partial charge in [0.15, 0.2) is 12.4 Å². The van der Waals surface area contributed by atoms with Crippen LogP contribution in [0.15, 0.2) is 48.5 Å². The van der Waals surface area contributed by atoms with Gasteiger partial charge in [0.2, 0.25) is 0 Å². The molecule has 148 valence electrons. The number of benzene rings is 2. The lowest BCUT2D eigenvalue weighted by molar-refractivity contribution is -0.148. The highest BCUT2D eigenvalue weighted by molar-refractivity contribution is 5.97. The Balaban J connectivity index is 1.75. The highest BCUT2D eigenvalue weighted by Gasteiger charge is 2.15. The summed E-state index contributed by atoms with van der Waals surface area (Å²) in [6.45, 7) is 3.55. The third-order valence-electron chi connectivity index (χ3n) is 4.31. The normalized spacial score (nSPS) is 11.5. The van der Waals surface area contributed by atoms with Gasteiger partial charge in [0.05, 0.1) is 12.5 Å². The van der Waals surface area contributed by atoms with E-state index in [4.69, 9.17) is 4.74 Å². The van der Waals surface area contributed by atoms with E-state index in [1.54, 1.807) is 0 Å². The second-order valence-corrected chi connectivity index (χ2v) is 6.53. The van der Waals surface area contributed by atoms with Crippen molar-refractivity contribution in [3.05, 3.63) is 71.0 Å². The fourth-order valence-corrected chi connectivity index (χ4v) is 2.67. The number of nitrogens with one attached hydrogen (secondary N) is 1. The van der Waals surface area contributed by atoms with Crippen LogP contribution in [-0.4, -0.2) is 24.3 Å². The van der Waals surface area contributed by atoms with Gasteiger partial charge in [-0.15, -0.1) is 0 Å². The van der Waals surface area contributed by atoms with Crippen molar-refractivity contribution in [2.75, 3.05) is 6.61 Å². The summed E-state index contributed by atoms with van der Waals surface area (Å²) in [6.07, 6.45) is 0.501. The van der Waals surface area contributed by atoms with Gasteiger partial charge in [0, 0.05) is 12.0 Å². The van der Waals surface area contributed by atoms with Gasteiger partial charge in [0.1, 0.15) is 5.82 Å². The molecule has 0 fully saturated rings. The molecule has 0 aliphatic rings. The molecule has 0 heterocycles. The molecule has 0 aliphatic carbocycles. The quantitative estimate of drug-likeness (QED) is 0.525. The van der Waals surface area contributed by atoms with Crippen molar-refractivity contribution in [3.63, 3.8) is 0 Å². The predicted molar refractivity (Wildman–Crippen MR) is 103 cm³/mol. The van der Waals surface area contributed by atoms with Crippen molar-refractivity contribution >= 4 is 17.7 Å². The molecule has 0 saturated carbocycles. The molecule has 0 spiro atoms. The van der Waals surface area contributed by atoms with Crippen LogP contribution in [0.2, 0.25) is 0 Å². The van der Waals surface area contributed by atoms with E-state index in [9.17, 15) is 18.8 Å². The van der Waals surface area contributed by atoms with E-state index < -0.39 is 24.3 Å². The van der Waals surface area contributed by atoms with E-state index in [1.165, 1.54) is 24.3 Å². The van der Waals surface area contributed by atoms with E-state index in [2.05, 4.69) is 5.32 Å². The lowest BCUT2D eigenvalue weighted by Crippen LogP contribution is -2.32. The van der Waals surface area contributed by atoms with E-state index in [-0.39, 0.29) is 24.7 Å². The number of rotatable bonds is 9.